The van der Waals surface area contributed by atoms with E-state index in [9.17, 15) is 8.78 Å². The van der Waals surface area contributed by atoms with E-state index in [-0.39, 0.29) is 13.0 Å². The maximum atomic E-state index is 12.5. The molecule has 0 N–H and O–H groups in total. The van der Waals surface area contributed by atoms with Crippen LogP contribution >= 0.6 is 15.9 Å². The van der Waals surface area contributed by atoms with Gasteiger partial charge < -0.3 is 4.74 Å². The Morgan fingerprint density at radius 2 is 2.29 bits per heavy atom. The molecule has 1 saturated carbocycles. The number of alkyl halides is 2. The van der Waals surface area contributed by atoms with E-state index in [1.807, 2.05) is 0 Å². The molecule has 1 atom stereocenters. The second-order valence-electron chi connectivity index (χ2n) is 3.27. The molecule has 0 aromatic carbocycles. The SMILES string of the molecule is FC1(F)C[C@H]1COc1cccc(Br)n1. The Morgan fingerprint density at radius 1 is 1.57 bits per heavy atom. The highest BCUT2D eigenvalue weighted by Crippen LogP contribution is 2.48. The first-order valence-corrected chi connectivity index (χ1v) is 5.00. The highest BCUT2D eigenvalue weighted by atomic mass is 79.9. The normalized spacial score (nSPS) is 23.2. The molecule has 2 rings (SSSR count). The molecule has 76 valence electrons. The van der Waals surface area contributed by atoms with Crippen molar-refractivity contribution in [3.63, 3.8) is 0 Å². The van der Waals surface area contributed by atoms with Crippen LogP contribution in [0.4, 0.5) is 8.78 Å². The third-order valence-electron chi connectivity index (χ3n) is 2.08. The maximum absolute atomic E-state index is 12.5. The lowest BCUT2D eigenvalue weighted by Gasteiger charge is -2.03. The predicted octanol–water partition coefficient (Wildman–Crippen LogP) is 2.88. The number of pyridine rings is 1. The molecule has 0 spiro atoms. The first kappa shape index (κ1) is 9.83. The first-order chi connectivity index (χ1) is 6.58. The summed E-state index contributed by atoms with van der Waals surface area (Å²) in [6.45, 7) is 0.0381. The van der Waals surface area contributed by atoms with Crippen LogP contribution in [0.3, 0.4) is 0 Å². The molecule has 14 heavy (non-hydrogen) atoms. The summed E-state index contributed by atoms with van der Waals surface area (Å²) in [7, 11) is 0. The van der Waals surface area contributed by atoms with Gasteiger partial charge >= 0.3 is 0 Å². The molecular formula is C9H8BrF2NO. The zero-order valence-corrected chi connectivity index (χ0v) is 8.80. The van der Waals surface area contributed by atoms with Gasteiger partial charge in [-0.25, -0.2) is 13.8 Å². The minimum absolute atomic E-state index is 0.0381. The van der Waals surface area contributed by atoms with Gasteiger partial charge in [-0.05, 0) is 22.0 Å². The number of hydrogen-bond acceptors (Lipinski definition) is 2. The van der Waals surface area contributed by atoms with Gasteiger partial charge in [0.25, 0.3) is 5.92 Å². The van der Waals surface area contributed by atoms with Gasteiger partial charge in [0.15, 0.2) is 0 Å². The molecule has 1 aromatic heterocycles. The Balaban J connectivity index is 1.87. The van der Waals surface area contributed by atoms with Crippen LogP contribution < -0.4 is 4.74 Å². The minimum atomic E-state index is -2.52. The molecule has 5 heteroatoms. The molecule has 0 unspecified atom stereocenters. The summed E-state index contributed by atoms with van der Waals surface area (Å²) >= 11 is 3.17. The number of rotatable bonds is 3. The molecule has 0 radical (unpaired) electrons. The second-order valence-corrected chi connectivity index (χ2v) is 4.08. The number of nitrogens with zero attached hydrogens (tertiary/aromatic N) is 1. The smallest absolute Gasteiger partial charge is 0.255 e. The van der Waals surface area contributed by atoms with Crippen LogP contribution in [0.2, 0.25) is 0 Å². The zero-order valence-electron chi connectivity index (χ0n) is 7.21. The fourth-order valence-corrected chi connectivity index (χ4v) is 1.43. The van der Waals surface area contributed by atoms with Gasteiger partial charge in [-0.3, -0.25) is 0 Å². The van der Waals surface area contributed by atoms with Crippen LogP contribution in [0, 0.1) is 5.92 Å². The van der Waals surface area contributed by atoms with E-state index >= 15 is 0 Å². The van der Waals surface area contributed by atoms with E-state index in [1.54, 1.807) is 18.2 Å². The highest BCUT2D eigenvalue weighted by molar-refractivity contribution is 9.10. The first-order valence-electron chi connectivity index (χ1n) is 4.21. The van der Waals surface area contributed by atoms with Gasteiger partial charge in [0.1, 0.15) is 4.60 Å². The number of ether oxygens (including phenoxy) is 1. The van der Waals surface area contributed by atoms with Crippen LogP contribution in [0.25, 0.3) is 0 Å². The highest BCUT2D eigenvalue weighted by Gasteiger charge is 2.57. The van der Waals surface area contributed by atoms with Crippen molar-refractivity contribution in [1.82, 2.24) is 4.98 Å². The van der Waals surface area contributed by atoms with Gasteiger partial charge in [-0.15, -0.1) is 0 Å². The molecule has 1 aliphatic rings. The summed E-state index contributed by atoms with van der Waals surface area (Å²) in [5, 5.41) is 0. The maximum Gasteiger partial charge on any atom is 0.255 e. The Labute approximate surface area is 88.4 Å². The lowest BCUT2D eigenvalue weighted by molar-refractivity contribution is 0.0849. The average molecular weight is 264 g/mol. The summed E-state index contributed by atoms with van der Waals surface area (Å²) < 4.78 is 30.7. The van der Waals surface area contributed by atoms with Crippen molar-refractivity contribution in [2.45, 2.75) is 12.3 Å². The van der Waals surface area contributed by atoms with Crippen molar-refractivity contribution in [2.24, 2.45) is 5.92 Å². The molecule has 1 aromatic rings. The van der Waals surface area contributed by atoms with Gasteiger partial charge in [0.05, 0.1) is 12.5 Å². The summed E-state index contributed by atoms with van der Waals surface area (Å²) in [4.78, 5) is 3.97. The molecule has 2 nitrogen and oxygen atoms in total. The summed E-state index contributed by atoms with van der Waals surface area (Å²) in [6, 6.07) is 5.14. The van der Waals surface area contributed by atoms with Crippen molar-refractivity contribution in [3.05, 3.63) is 22.8 Å². The van der Waals surface area contributed by atoms with Crippen molar-refractivity contribution in [2.75, 3.05) is 6.61 Å². The Hall–Kier alpha value is -0.710. The molecule has 1 heterocycles. The second kappa shape index (κ2) is 3.46. The average Bonchev–Trinajstić information content (AvgIpc) is 2.71. The largest absolute Gasteiger partial charge is 0.477 e. The summed E-state index contributed by atoms with van der Waals surface area (Å²) in [6.07, 6.45) is -0.0684. The lowest BCUT2D eigenvalue weighted by atomic mass is 10.4. The van der Waals surface area contributed by atoms with Gasteiger partial charge in [-0.1, -0.05) is 6.07 Å². The monoisotopic (exact) mass is 263 g/mol. The molecular weight excluding hydrogens is 256 g/mol. The molecule has 1 fully saturated rings. The lowest BCUT2D eigenvalue weighted by Crippen LogP contribution is -2.06. The Morgan fingerprint density at radius 3 is 2.86 bits per heavy atom. The standard InChI is InChI=1S/C9H8BrF2NO/c10-7-2-1-3-8(13-7)14-5-6-4-9(6,11)12/h1-3,6H,4-5H2/t6-/m0/s1. The van der Waals surface area contributed by atoms with E-state index < -0.39 is 11.8 Å². The van der Waals surface area contributed by atoms with Crippen LogP contribution in [-0.2, 0) is 0 Å². The van der Waals surface area contributed by atoms with E-state index in [0.717, 1.165) is 0 Å². The summed E-state index contributed by atoms with van der Waals surface area (Å²) in [5.41, 5.74) is 0. The van der Waals surface area contributed by atoms with Crippen LogP contribution in [0.1, 0.15) is 6.42 Å². The van der Waals surface area contributed by atoms with Crippen molar-refractivity contribution in [3.8, 4) is 5.88 Å². The molecule has 0 saturated heterocycles. The van der Waals surface area contributed by atoms with Crippen LogP contribution in [0.5, 0.6) is 5.88 Å². The van der Waals surface area contributed by atoms with Crippen LogP contribution in [0.15, 0.2) is 22.8 Å². The topological polar surface area (TPSA) is 22.1 Å². The third-order valence-corrected chi connectivity index (χ3v) is 2.52. The Kier molecular flexibility index (Phi) is 2.43. The molecule has 0 aliphatic heterocycles. The minimum Gasteiger partial charge on any atom is -0.477 e. The molecule has 0 amide bonds. The molecule has 1 aliphatic carbocycles. The van der Waals surface area contributed by atoms with Crippen molar-refractivity contribution >= 4 is 15.9 Å². The van der Waals surface area contributed by atoms with Gasteiger partial charge in [0, 0.05) is 12.5 Å². The fraction of sp³-hybridized carbons (Fsp3) is 0.444. The number of aromatic nitrogens is 1. The predicted molar refractivity (Wildman–Crippen MR) is 50.5 cm³/mol. The Bertz CT molecular complexity index is 345. The van der Waals surface area contributed by atoms with Gasteiger partial charge in [-0.2, -0.15) is 0 Å². The van der Waals surface area contributed by atoms with Crippen LogP contribution in [-0.4, -0.2) is 17.5 Å². The number of hydrogen-bond donors (Lipinski definition) is 0. The van der Waals surface area contributed by atoms with E-state index in [0.29, 0.717) is 10.5 Å². The fourth-order valence-electron chi connectivity index (χ4n) is 1.11. The third kappa shape index (κ3) is 2.20. The van der Waals surface area contributed by atoms with Crippen molar-refractivity contribution in [1.29, 1.82) is 0 Å². The van der Waals surface area contributed by atoms with Crippen molar-refractivity contribution < 1.29 is 13.5 Å². The quantitative estimate of drug-likeness (QED) is 0.783. The summed E-state index contributed by atoms with van der Waals surface area (Å²) in [5.74, 6) is -2.78. The van der Waals surface area contributed by atoms with E-state index in [2.05, 4.69) is 20.9 Å². The molecule has 0 bridgehead atoms. The zero-order chi connectivity index (χ0) is 10.2. The van der Waals surface area contributed by atoms with E-state index in [1.165, 1.54) is 0 Å². The van der Waals surface area contributed by atoms with Gasteiger partial charge in [0.2, 0.25) is 5.88 Å². The van der Waals surface area contributed by atoms with E-state index in [4.69, 9.17) is 4.74 Å². The number of halogens is 3.